The first-order valence-corrected chi connectivity index (χ1v) is 39.1. The number of aromatic nitrogens is 48. The number of nitrogens with zero attached hydrogens (tertiary/aromatic N) is 48. The van der Waals surface area contributed by atoms with E-state index < -0.39 is 22.8 Å². The zero-order valence-electron chi connectivity index (χ0n) is 71.1. The Hall–Kier alpha value is -16.5. The van der Waals surface area contributed by atoms with Crippen molar-refractivity contribution in [1.29, 1.82) is 0 Å². The lowest BCUT2D eigenvalue weighted by Crippen LogP contribution is -2.34. The molecule has 0 amide bonds. The van der Waals surface area contributed by atoms with Crippen LogP contribution in [0.1, 0.15) is 83.1 Å². The van der Waals surface area contributed by atoms with Gasteiger partial charge in [0.2, 0.25) is 0 Å². The van der Waals surface area contributed by atoms with Crippen molar-refractivity contribution in [2.75, 3.05) is 26.3 Å². The summed E-state index contributed by atoms with van der Waals surface area (Å²) in [7, 11) is 0. The van der Waals surface area contributed by atoms with Crippen LogP contribution in [0.3, 0.4) is 0 Å². The molecule has 0 aromatic carbocycles. The number of hydrogen-bond acceptors (Lipinski definition) is 41. The maximum Gasteiger partial charge on any atom is 0.370 e. The minimum atomic E-state index is -0.467. The summed E-state index contributed by atoms with van der Waals surface area (Å²) in [6.45, 7) is 23.9. The fourth-order valence-corrected chi connectivity index (χ4v) is 9.98. The molecule has 0 aliphatic carbocycles. The number of rotatable bonds is 38. The van der Waals surface area contributed by atoms with E-state index in [1.807, 2.05) is 0 Å². The molecule has 0 radical (unpaired) electrons. The van der Waals surface area contributed by atoms with Crippen LogP contribution < -0.4 is 78.9 Å². The van der Waals surface area contributed by atoms with Crippen LogP contribution in [0.5, 0.6) is 0 Å². The standard InChI is InChI=1S/C12H19N9O2.C12H18N8O3.C10H15N9O2.C10H14N8O3.C10H14N8O2S.C9H12N8O2/c1-3-7-18-11(22)20(16-14-18)9-5-13-6-10-21-12(23)19(8-4-2)15-17-21;1-3-5-17-11(21)19(15-13-17)7-9-23-10-8-20-12(22)18(6-4-2)14-16-20;1-3-5-16-9(20)18(14-12-16)7-11-8-19-10(21)17(6-4-2)13-15-19;2*1-3-5-15-9(19)17(13-11-15)7-21-8-18-10(20)16(6-4-2)12-14-18;1-3-5-14-8(18)16(12-10-14)7-17-9(19)15(6-4-2)11-13-17/h3-4,7-8,13H,5-6,9-10H2,1-2H3;3-6H,7-10H2,1-2H3;3-6,11H,7-8H2,1-2H3;2*3-6H,7-8H2,1-2H3;3-6H,7H2,1-2H3/b7-3+,8-4+;5*5-3+,6-4+. The number of tetrazole rings is 12. The van der Waals surface area contributed by atoms with E-state index in [9.17, 15) is 57.5 Å². The van der Waals surface area contributed by atoms with Crippen molar-refractivity contribution in [3.05, 3.63) is 199 Å². The average Bonchev–Trinajstić information content (AvgIpc) is 1.67. The van der Waals surface area contributed by atoms with Crippen LogP contribution in [0, 0.1) is 0 Å². The Balaban J connectivity index is 0.000000211. The second-order valence-corrected chi connectivity index (χ2v) is 25.1. The topological polar surface area (TPSA) is 675 Å². The molecule has 0 aliphatic heterocycles. The first kappa shape index (κ1) is 98.6. The summed E-state index contributed by atoms with van der Waals surface area (Å²) >= 11 is 1.30. The predicted molar refractivity (Wildman–Crippen MR) is 454 cm³/mol. The first-order valence-electron chi connectivity index (χ1n) is 38.0. The molecule has 65 heteroatoms. The summed E-state index contributed by atoms with van der Waals surface area (Å²) < 4.78 is 37.6. The normalized spacial score (nSPS) is 11.9. The van der Waals surface area contributed by atoms with Crippen LogP contribution in [-0.2, 0) is 80.9 Å². The zero-order chi connectivity index (χ0) is 92.9. The smallest absolute Gasteiger partial charge is 0.370 e. The summed E-state index contributed by atoms with van der Waals surface area (Å²) in [6.07, 6.45) is 38.1. The van der Waals surface area contributed by atoms with Crippen molar-refractivity contribution < 1.29 is 9.47 Å². The van der Waals surface area contributed by atoms with E-state index in [-0.39, 0.29) is 117 Å². The van der Waals surface area contributed by atoms with Gasteiger partial charge >= 0.3 is 68.3 Å². The van der Waals surface area contributed by atoms with Gasteiger partial charge in [0.1, 0.15) is 20.1 Å². The Morgan fingerprint density at radius 3 is 0.656 bits per heavy atom. The summed E-state index contributed by atoms with van der Waals surface area (Å²) in [5, 5.41) is 94.3. The van der Waals surface area contributed by atoms with Crippen molar-refractivity contribution in [2.45, 2.75) is 154 Å². The molecule has 12 rings (SSSR count). The van der Waals surface area contributed by atoms with E-state index in [0.29, 0.717) is 26.2 Å². The Bertz CT molecular complexity index is 5810. The van der Waals surface area contributed by atoms with Crippen LogP contribution in [0.15, 0.2) is 130 Å². The van der Waals surface area contributed by atoms with Gasteiger partial charge in [-0.3, -0.25) is 5.32 Å². The molecule has 0 aliphatic rings. The van der Waals surface area contributed by atoms with Gasteiger partial charge in [0.15, 0.2) is 0 Å². The molecule has 0 saturated heterocycles. The SMILES string of the molecule is C/C=C/n1nnn(CCNCCn2nnn(/C=C/C)c2=O)c1=O.C/C=C/n1nnn(CCOCCn2nnn(/C=C/C)c2=O)c1=O.C/C=C/n1nnn(CNCn2nnn(/C=C/C)c2=O)c1=O.C/C=C/n1nnn(COCn2nnn(/C=C/C)c2=O)c1=O.C/C=C/n1nnn(CSCn2nnn(/C=C/C)c2=O)c1=O.C/C=C/n1nnn(Cn2nnn(/C=C/C)c2=O)c1=O. The average molecular weight is 1810 g/mol. The third kappa shape index (κ3) is 28.3. The molecule has 0 saturated carbocycles. The molecular weight excluding hydrogens is 1710 g/mol. The Labute approximate surface area is 720 Å². The van der Waals surface area contributed by atoms with E-state index in [2.05, 4.69) is 136 Å². The number of ether oxygens (including phenoxy) is 2. The van der Waals surface area contributed by atoms with Crippen LogP contribution in [0.4, 0.5) is 0 Å². The molecule has 0 unspecified atom stereocenters. The lowest BCUT2D eigenvalue weighted by atomic mass is 10.5. The Morgan fingerprint density at radius 2 is 0.406 bits per heavy atom. The lowest BCUT2D eigenvalue weighted by Gasteiger charge is -2.02. The van der Waals surface area contributed by atoms with Gasteiger partial charge in [0.05, 0.1) is 64.5 Å². The number of hydrogen-bond donors (Lipinski definition) is 2. The van der Waals surface area contributed by atoms with Gasteiger partial charge in [0.25, 0.3) is 0 Å². The Kier molecular flexibility index (Phi) is 40.1. The molecule has 0 spiro atoms. The Morgan fingerprint density at radius 1 is 0.219 bits per heavy atom. The molecular formula is C63H92N50O14S. The van der Waals surface area contributed by atoms with Crippen LogP contribution in [0.25, 0.3) is 74.4 Å². The maximum absolute atomic E-state index is 11.8. The summed E-state index contributed by atoms with van der Waals surface area (Å²) in [4.78, 5) is 141. The monoisotopic (exact) mass is 1800 g/mol. The van der Waals surface area contributed by atoms with E-state index in [1.165, 1.54) is 111 Å². The van der Waals surface area contributed by atoms with Crippen molar-refractivity contribution >= 4 is 86.2 Å². The van der Waals surface area contributed by atoms with Gasteiger partial charge in [-0.25, -0.2) is 57.5 Å². The fraction of sp³-hybridized carbons (Fsp3) is 0.429. The minimum absolute atomic E-state index is 0.0965. The number of thioether (sulfide) groups is 1. The van der Waals surface area contributed by atoms with Crippen LogP contribution in [0.2, 0.25) is 0 Å². The van der Waals surface area contributed by atoms with Crippen molar-refractivity contribution in [3.63, 3.8) is 0 Å². The van der Waals surface area contributed by atoms with Gasteiger partial charge in [-0.05, 0) is 208 Å². The highest BCUT2D eigenvalue weighted by atomic mass is 32.2. The fourth-order valence-electron chi connectivity index (χ4n) is 9.23. The molecule has 2 N–H and O–H groups in total. The predicted octanol–water partition coefficient (Wildman–Crippen LogP) is -7.26. The largest absolute Gasteiger partial charge is 0.378 e. The van der Waals surface area contributed by atoms with Crippen LogP contribution in [-0.4, -0.2) is 264 Å². The lowest BCUT2D eigenvalue weighted by molar-refractivity contribution is 0.00938. The number of allylic oxidation sites excluding steroid dienone is 12. The van der Waals surface area contributed by atoms with Gasteiger partial charge < -0.3 is 14.8 Å². The maximum atomic E-state index is 11.8. The van der Waals surface area contributed by atoms with E-state index in [0.717, 1.165) is 74.9 Å². The third-order valence-corrected chi connectivity index (χ3v) is 15.8. The van der Waals surface area contributed by atoms with Crippen LogP contribution >= 0.6 is 11.8 Å². The van der Waals surface area contributed by atoms with Gasteiger partial charge in [-0.15, -0.1) is 11.8 Å². The van der Waals surface area contributed by atoms with E-state index >= 15 is 0 Å². The van der Waals surface area contributed by atoms with Crippen molar-refractivity contribution in [1.82, 2.24) is 248 Å². The molecule has 0 atom stereocenters. The molecule has 684 valence electrons. The second-order valence-electron chi connectivity index (χ2n) is 24.1. The highest BCUT2D eigenvalue weighted by Crippen LogP contribution is 2.03. The minimum Gasteiger partial charge on any atom is -0.378 e. The molecule has 128 heavy (non-hydrogen) atoms. The van der Waals surface area contributed by atoms with Gasteiger partial charge in [-0.2, -0.15) is 112 Å². The zero-order valence-corrected chi connectivity index (χ0v) is 71.9. The highest BCUT2D eigenvalue weighted by Gasteiger charge is 2.15. The van der Waals surface area contributed by atoms with E-state index in [4.69, 9.17) is 9.47 Å². The molecule has 12 aromatic rings. The molecule has 12 aromatic heterocycles. The highest BCUT2D eigenvalue weighted by molar-refractivity contribution is 7.97. The van der Waals surface area contributed by atoms with Crippen molar-refractivity contribution in [3.8, 4) is 0 Å². The summed E-state index contributed by atoms with van der Waals surface area (Å²) in [6, 6.07) is 0. The molecule has 64 nitrogen and oxygen atoms in total. The first-order chi connectivity index (χ1) is 62.0. The molecule has 0 fully saturated rings. The van der Waals surface area contributed by atoms with Gasteiger partial charge in [0, 0.05) is 87.5 Å². The number of nitrogens with one attached hydrogen (secondary N) is 2. The molecule has 12 heterocycles. The van der Waals surface area contributed by atoms with Crippen molar-refractivity contribution in [2.24, 2.45) is 0 Å². The quantitative estimate of drug-likeness (QED) is 0.0340. The molecule has 0 bridgehead atoms. The third-order valence-electron chi connectivity index (χ3n) is 15.0. The van der Waals surface area contributed by atoms with E-state index in [1.54, 1.807) is 168 Å². The second kappa shape index (κ2) is 52.1. The van der Waals surface area contributed by atoms with Gasteiger partial charge in [-0.1, -0.05) is 72.9 Å². The summed E-state index contributed by atoms with van der Waals surface area (Å²) in [5.74, 6) is 0.526. The summed E-state index contributed by atoms with van der Waals surface area (Å²) in [5.41, 5.74) is -4.54.